The van der Waals surface area contributed by atoms with E-state index in [1.165, 1.54) is 12.3 Å². The zero-order valence-corrected chi connectivity index (χ0v) is 10.7. The number of hydrogen-bond donors (Lipinski definition) is 1. The van der Waals surface area contributed by atoms with E-state index in [4.69, 9.17) is 4.74 Å². The molecule has 1 aliphatic rings. The Morgan fingerprint density at radius 1 is 1.33 bits per heavy atom. The monoisotopic (exact) mass is 297 g/mol. The van der Waals surface area contributed by atoms with Crippen LogP contribution in [-0.2, 0) is 4.74 Å². The number of benzene rings is 1. The maximum absolute atomic E-state index is 13.0. The van der Waals surface area contributed by atoms with Crippen LogP contribution >= 0.6 is 0 Å². The predicted molar refractivity (Wildman–Crippen MR) is 66.7 cm³/mol. The lowest BCUT2D eigenvalue weighted by Gasteiger charge is -2.04. The number of hydrogen-bond acceptors (Lipinski definition) is 5. The lowest BCUT2D eigenvalue weighted by molar-refractivity contribution is -0.286. The number of rotatable bonds is 2. The number of aromatic nitrogens is 1. The van der Waals surface area contributed by atoms with Gasteiger partial charge < -0.3 is 19.2 Å². The van der Waals surface area contributed by atoms with Crippen molar-refractivity contribution in [1.82, 2.24) is 4.98 Å². The fourth-order valence-corrected chi connectivity index (χ4v) is 2.02. The molecule has 0 saturated heterocycles. The van der Waals surface area contributed by atoms with E-state index in [2.05, 4.69) is 14.5 Å². The first kappa shape index (κ1) is 13.3. The number of pyridine rings is 1. The van der Waals surface area contributed by atoms with Gasteiger partial charge in [0.15, 0.2) is 11.5 Å². The molecule has 3 rings (SSSR count). The van der Waals surface area contributed by atoms with Crippen molar-refractivity contribution in [1.29, 1.82) is 0 Å². The van der Waals surface area contributed by atoms with E-state index in [-0.39, 0.29) is 34.6 Å². The Morgan fingerprint density at radius 3 is 2.67 bits per heavy atom. The lowest BCUT2D eigenvalue weighted by Crippen LogP contribution is -2.25. The van der Waals surface area contributed by atoms with Gasteiger partial charge in [-0.05, 0) is 13.0 Å². The number of ether oxygens (including phenoxy) is 3. The van der Waals surface area contributed by atoms with Gasteiger partial charge in [-0.15, -0.1) is 8.78 Å². The van der Waals surface area contributed by atoms with Crippen molar-refractivity contribution in [3.05, 3.63) is 34.1 Å². The van der Waals surface area contributed by atoms with Crippen LogP contribution in [0.5, 0.6) is 11.5 Å². The van der Waals surface area contributed by atoms with Gasteiger partial charge in [0.05, 0.1) is 17.5 Å². The molecule has 1 N–H and O–H groups in total. The SMILES string of the molecule is CCOC(=O)c1c[nH]c2cc3c(cc2c1=O)OC(F)(F)O3. The number of nitrogens with one attached hydrogen (secondary N) is 1. The standard InChI is InChI=1S/C13H9F2NO5/c1-2-19-12(18)7-5-16-8-4-10-9(3-6(8)11(7)17)20-13(14,15)21-10/h3-5H,2H2,1H3,(H,16,17). The normalized spacial score (nSPS) is 15.2. The van der Waals surface area contributed by atoms with Crippen LogP contribution in [0.25, 0.3) is 10.9 Å². The molecule has 0 amide bonds. The van der Waals surface area contributed by atoms with Crippen LogP contribution in [0.3, 0.4) is 0 Å². The van der Waals surface area contributed by atoms with Gasteiger partial charge in [0, 0.05) is 12.3 Å². The Balaban J connectivity index is 2.16. The molecule has 8 heteroatoms. The molecule has 1 aromatic carbocycles. The summed E-state index contributed by atoms with van der Waals surface area (Å²) in [5, 5.41) is 0.0283. The third-order valence-corrected chi connectivity index (χ3v) is 2.90. The number of H-pyrrole nitrogens is 1. The Bertz CT molecular complexity index is 799. The summed E-state index contributed by atoms with van der Waals surface area (Å²) in [7, 11) is 0. The van der Waals surface area contributed by atoms with Crippen molar-refractivity contribution in [2.24, 2.45) is 0 Å². The van der Waals surface area contributed by atoms with E-state index in [1.807, 2.05) is 0 Å². The average molecular weight is 297 g/mol. The Labute approximate surface area is 116 Å². The molecule has 0 saturated carbocycles. The molecule has 0 bridgehead atoms. The van der Waals surface area contributed by atoms with Crippen LogP contribution in [0.1, 0.15) is 17.3 Å². The van der Waals surface area contributed by atoms with Crippen molar-refractivity contribution < 1.29 is 27.8 Å². The second-order valence-electron chi connectivity index (χ2n) is 4.26. The van der Waals surface area contributed by atoms with Crippen molar-refractivity contribution in [3.8, 4) is 11.5 Å². The van der Waals surface area contributed by atoms with Crippen molar-refractivity contribution in [2.45, 2.75) is 13.2 Å². The van der Waals surface area contributed by atoms with Gasteiger partial charge in [0.25, 0.3) is 0 Å². The highest BCUT2D eigenvalue weighted by Crippen LogP contribution is 2.42. The first-order chi connectivity index (χ1) is 9.91. The maximum Gasteiger partial charge on any atom is 0.586 e. The zero-order valence-electron chi connectivity index (χ0n) is 10.7. The number of aromatic amines is 1. The summed E-state index contributed by atoms with van der Waals surface area (Å²) in [5.74, 6) is -1.24. The van der Waals surface area contributed by atoms with Gasteiger partial charge in [0.2, 0.25) is 5.43 Å². The van der Waals surface area contributed by atoms with E-state index in [0.717, 1.165) is 6.07 Å². The molecule has 0 aliphatic carbocycles. The third-order valence-electron chi connectivity index (χ3n) is 2.90. The molecule has 1 aliphatic heterocycles. The highest BCUT2D eigenvalue weighted by atomic mass is 19.3. The molecule has 1 aromatic heterocycles. The van der Waals surface area contributed by atoms with Gasteiger partial charge in [-0.2, -0.15) is 0 Å². The molecule has 0 fully saturated rings. The molecule has 0 unspecified atom stereocenters. The van der Waals surface area contributed by atoms with Crippen molar-refractivity contribution in [2.75, 3.05) is 6.61 Å². The minimum Gasteiger partial charge on any atom is -0.462 e. The molecule has 0 spiro atoms. The van der Waals surface area contributed by atoms with E-state index in [0.29, 0.717) is 0 Å². The number of esters is 1. The van der Waals surface area contributed by atoms with Crippen LogP contribution < -0.4 is 14.9 Å². The Morgan fingerprint density at radius 2 is 2.00 bits per heavy atom. The second kappa shape index (κ2) is 4.44. The van der Waals surface area contributed by atoms with Gasteiger partial charge >= 0.3 is 12.3 Å². The molecule has 110 valence electrons. The number of carbonyl (C=O) groups excluding carboxylic acids is 1. The summed E-state index contributed by atoms with van der Waals surface area (Å²) < 4.78 is 39.3. The predicted octanol–water partition coefficient (Wildman–Crippen LogP) is 2.03. The van der Waals surface area contributed by atoms with Crippen LogP contribution in [0.15, 0.2) is 23.1 Å². The topological polar surface area (TPSA) is 77.6 Å². The van der Waals surface area contributed by atoms with Gasteiger partial charge in [-0.3, -0.25) is 4.79 Å². The summed E-state index contributed by atoms with van der Waals surface area (Å²) in [4.78, 5) is 26.5. The molecule has 6 nitrogen and oxygen atoms in total. The average Bonchev–Trinajstić information content (AvgIpc) is 2.70. The first-order valence-corrected chi connectivity index (χ1v) is 6.03. The highest BCUT2D eigenvalue weighted by molar-refractivity contribution is 5.94. The van der Waals surface area contributed by atoms with Gasteiger partial charge in [-0.1, -0.05) is 0 Å². The lowest BCUT2D eigenvalue weighted by atomic mass is 10.1. The maximum atomic E-state index is 13.0. The largest absolute Gasteiger partial charge is 0.586 e. The van der Waals surface area contributed by atoms with E-state index >= 15 is 0 Å². The summed E-state index contributed by atoms with van der Waals surface area (Å²) in [6.07, 6.45) is -2.60. The van der Waals surface area contributed by atoms with Crippen molar-refractivity contribution in [3.63, 3.8) is 0 Å². The highest BCUT2D eigenvalue weighted by Gasteiger charge is 2.43. The number of halogens is 2. The molecule has 21 heavy (non-hydrogen) atoms. The minimum absolute atomic E-state index is 0.0283. The van der Waals surface area contributed by atoms with Crippen LogP contribution in [-0.4, -0.2) is 23.9 Å². The van der Waals surface area contributed by atoms with E-state index in [9.17, 15) is 18.4 Å². The number of fused-ring (bicyclic) bond motifs is 2. The summed E-state index contributed by atoms with van der Waals surface area (Å²) >= 11 is 0. The van der Waals surface area contributed by atoms with Gasteiger partial charge in [-0.25, -0.2) is 4.79 Å². The van der Waals surface area contributed by atoms with Gasteiger partial charge in [0.1, 0.15) is 5.56 Å². The van der Waals surface area contributed by atoms with E-state index < -0.39 is 17.7 Å². The fraction of sp³-hybridized carbons (Fsp3) is 0.231. The molecule has 2 heterocycles. The Kier molecular flexibility index (Phi) is 2.82. The quantitative estimate of drug-likeness (QED) is 0.858. The summed E-state index contributed by atoms with van der Waals surface area (Å²) in [6.45, 7) is 1.72. The smallest absolute Gasteiger partial charge is 0.462 e. The van der Waals surface area contributed by atoms with Crippen LogP contribution in [0.4, 0.5) is 8.78 Å². The Hall–Kier alpha value is -2.64. The molecule has 0 radical (unpaired) electrons. The first-order valence-electron chi connectivity index (χ1n) is 6.03. The summed E-state index contributed by atoms with van der Waals surface area (Å²) in [6, 6.07) is 2.31. The van der Waals surface area contributed by atoms with Crippen LogP contribution in [0, 0.1) is 0 Å². The number of carbonyl (C=O) groups is 1. The third kappa shape index (κ3) is 2.18. The minimum atomic E-state index is -3.77. The molecular formula is C13H9F2NO5. The second-order valence-corrected chi connectivity index (χ2v) is 4.26. The molecule has 2 aromatic rings. The van der Waals surface area contributed by atoms with E-state index in [1.54, 1.807) is 6.92 Å². The summed E-state index contributed by atoms with van der Waals surface area (Å²) in [5.41, 5.74) is -0.605. The molecular weight excluding hydrogens is 288 g/mol. The molecule has 0 atom stereocenters. The zero-order chi connectivity index (χ0) is 15.2. The fourth-order valence-electron chi connectivity index (χ4n) is 2.02. The van der Waals surface area contributed by atoms with Crippen LogP contribution in [0.2, 0.25) is 0 Å². The van der Waals surface area contributed by atoms with Crippen molar-refractivity contribution >= 4 is 16.9 Å². The number of alkyl halides is 2.